The molecule has 0 unspecified atom stereocenters. The summed E-state index contributed by atoms with van der Waals surface area (Å²) in [5, 5.41) is 4.24. The van der Waals surface area contributed by atoms with Crippen LogP contribution in [0.5, 0.6) is 0 Å². The predicted molar refractivity (Wildman–Crippen MR) is 79.9 cm³/mol. The van der Waals surface area contributed by atoms with E-state index in [1.165, 1.54) is 12.0 Å². The summed E-state index contributed by atoms with van der Waals surface area (Å²) in [7, 11) is 1.97. The van der Waals surface area contributed by atoms with Crippen molar-refractivity contribution in [3.05, 3.63) is 18.0 Å². The Kier molecular flexibility index (Phi) is 3.54. The number of nitrogens with zero attached hydrogens (tertiary/aromatic N) is 2. The van der Waals surface area contributed by atoms with Crippen LogP contribution in [0.3, 0.4) is 0 Å². The van der Waals surface area contributed by atoms with Gasteiger partial charge < -0.3 is 5.73 Å². The fourth-order valence-corrected chi connectivity index (χ4v) is 4.56. The molecule has 1 aromatic heterocycles. The topological polar surface area (TPSA) is 43.8 Å². The average Bonchev–Trinajstić information content (AvgIpc) is 2.55. The molecule has 0 atom stereocenters. The molecule has 3 heteroatoms. The maximum absolute atomic E-state index is 6.74. The third-order valence-corrected chi connectivity index (χ3v) is 4.29. The van der Waals surface area contributed by atoms with Gasteiger partial charge in [-0.05, 0) is 48.5 Å². The number of aryl methyl sites for hydroxylation is 2. The van der Waals surface area contributed by atoms with Gasteiger partial charge in [0.15, 0.2) is 0 Å². The highest BCUT2D eigenvalue weighted by Crippen LogP contribution is 2.50. The molecule has 3 nitrogen and oxygen atoms in total. The van der Waals surface area contributed by atoms with Crippen LogP contribution in [0.1, 0.15) is 58.9 Å². The van der Waals surface area contributed by atoms with E-state index in [1.54, 1.807) is 0 Å². The Morgan fingerprint density at radius 3 is 2.21 bits per heavy atom. The molecule has 2 rings (SSSR count). The zero-order chi connectivity index (χ0) is 14.3. The quantitative estimate of drug-likeness (QED) is 0.909. The van der Waals surface area contributed by atoms with E-state index in [0.717, 1.165) is 25.7 Å². The minimum Gasteiger partial charge on any atom is -0.325 e. The Hall–Kier alpha value is -0.830. The first kappa shape index (κ1) is 14.6. The fraction of sp³-hybridized carbons (Fsp3) is 0.812. The lowest BCUT2D eigenvalue weighted by molar-refractivity contribution is 0.0445. The zero-order valence-corrected chi connectivity index (χ0v) is 13.2. The Labute approximate surface area is 117 Å². The highest BCUT2D eigenvalue weighted by Gasteiger charge is 2.44. The molecule has 0 spiro atoms. The molecule has 1 heterocycles. The molecule has 0 bridgehead atoms. The maximum atomic E-state index is 6.74. The van der Waals surface area contributed by atoms with Gasteiger partial charge in [-0.25, -0.2) is 0 Å². The summed E-state index contributed by atoms with van der Waals surface area (Å²) in [4.78, 5) is 0. The van der Waals surface area contributed by atoms with Crippen molar-refractivity contribution in [2.45, 2.75) is 65.3 Å². The van der Waals surface area contributed by atoms with Crippen LogP contribution in [-0.4, -0.2) is 15.3 Å². The van der Waals surface area contributed by atoms with Gasteiger partial charge in [0.2, 0.25) is 0 Å². The minimum absolute atomic E-state index is 0.0267. The minimum atomic E-state index is -0.0267. The van der Waals surface area contributed by atoms with Crippen molar-refractivity contribution in [1.82, 2.24) is 9.78 Å². The highest BCUT2D eigenvalue weighted by molar-refractivity contribution is 5.07. The molecule has 0 amide bonds. The second-order valence-electron chi connectivity index (χ2n) is 8.24. The van der Waals surface area contributed by atoms with Gasteiger partial charge in [-0.15, -0.1) is 0 Å². The average molecular weight is 263 g/mol. The summed E-state index contributed by atoms with van der Waals surface area (Å²) in [6.45, 7) is 9.44. The van der Waals surface area contributed by atoms with E-state index in [0.29, 0.717) is 10.8 Å². The van der Waals surface area contributed by atoms with Gasteiger partial charge in [-0.2, -0.15) is 5.10 Å². The first-order valence-corrected chi connectivity index (χ1v) is 7.36. The van der Waals surface area contributed by atoms with Gasteiger partial charge in [-0.1, -0.05) is 27.7 Å². The van der Waals surface area contributed by atoms with E-state index < -0.39 is 0 Å². The summed E-state index contributed by atoms with van der Waals surface area (Å²) in [5.74, 6) is 0. The first-order valence-electron chi connectivity index (χ1n) is 7.36. The lowest BCUT2D eigenvalue weighted by Gasteiger charge is -2.50. The largest absolute Gasteiger partial charge is 0.325 e. The lowest BCUT2D eigenvalue weighted by atomic mass is 9.57. The van der Waals surface area contributed by atoms with Crippen LogP contribution in [-0.2, 0) is 13.5 Å². The Morgan fingerprint density at radius 2 is 1.74 bits per heavy atom. The number of hydrogen-bond acceptors (Lipinski definition) is 2. The van der Waals surface area contributed by atoms with Gasteiger partial charge >= 0.3 is 0 Å². The van der Waals surface area contributed by atoms with Crippen LogP contribution < -0.4 is 5.73 Å². The second kappa shape index (κ2) is 4.62. The van der Waals surface area contributed by atoms with Crippen molar-refractivity contribution >= 4 is 0 Å². The molecule has 1 saturated carbocycles. The van der Waals surface area contributed by atoms with Gasteiger partial charge in [0.25, 0.3) is 0 Å². The molecule has 1 aliphatic rings. The molecule has 1 fully saturated rings. The molecular weight excluding hydrogens is 234 g/mol. The summed E-state index contributed by atoms with van der Waals surface area (Å²) in [6.07, 6.45) is 9.69. The molecule has 0 aliphatic heterocycles. The van der Waals surface area contributed by atoms with Crippen molar-refractivity contribution in [2.24, 2.45) is 23.6 Å². The molecule has 0 saturated heterocycles. The Balaban J connectivity index is 2.05. The van der Waals surface area contributed by atoms with Crippen LogP contribution in [0.2, 0.25) is 0 Å². The van der Waals surface area contributed by atoms with E-state index in [9.17, 15) is 0 Å². The molecule has 108 valence electrons. The summed E-state index contributed by atoms with van der Waals surface area (Å²) in [6, 6.07) is 0. The van der Waals surface area contributed by atoms with Crippen LogP contribution >= 0.6 is 0 Å². The van der Waals surface area contributed by atoms with E-state index in [1.807, 2.05) is 17.9 Å². The van der Waals surface area contributed by atoms with Crippen molar-refractivity contribution in [3.63, 3.8) is 0 Å². The molecule has 1 aliphatic carbocycles. The predicted octanol–water partition coefficient (Wildman–Crippen LogP) is 3.29. The van der Waals surface area contributed by atoms with Crippen LogP contribution in [0.4, 0.5) is 0 Å². The van der Waals surface area contributed by atoms with Crippen molar-refractivity contribution < 1.29 is 0 Å². The SMILES string of the molecule is Cn1cc(CCC2(N)CC(C)(C)CC(C)(C)C2)cn1. The highest BCUT2D eigenvalue weighted by atomic mass is 15.2. The van der Waals surface area contributed by atoms with Crippen molar-refractivity contribution in [1.29, 1.82) is 0 Å². The number of hydrogen-bond donors (Lipinski definition) is 1. The van der Waals surface area contributed by atoms with Crippen LogP contribution in [0, 0.1) is 10.8 Å². The third kappa shape index (κ3) is 3.82. The first-order chi connectivity index (χ1) is 8.59. The molecule has 0 radical (unpaired) electrons. The van der Waals surface area contributed by atoms with E-state index >= 15 is 0 Å². The summed E-state index contributed by atoms with van der Waals surface area (Å²) < 4.78 is 1.87. The standard InChI is InChI=1S/C16H29N3/c1-14(2)10-15(3,4)12-16(17,11-14)7-6-13-8-18-19(5)9-13/h8-9H,6-7,10-12,17H2,1-5H3. The number of aromatic nitrogens is 2. The van der Waals surface area contributed by atoms with Crippen LogP contribution in [0.15, 0.2) is 12.4 Å². The second-order valence-corrected chi connectivity index (χ2v) is 8.24. The normalized spacial score (nSPS) is 24.3. The molecule has 0 aromatic carbocycles. The smallest absolute Gasteiger partial charge is 0.0521 e. The molecule has 19 heavy (non-hydrogen) atoms. The molecule has 1 aromatic rings. The van der Waals surface area contributed by atoms with E-state index in [4.69, 9.17) is 5.73 Å². The zero-order valence-electron chi connectivity index (χ0n) is 13.2. The van der Waals surface area contributed by atoms with Gasteiger partial charge in [0.05, 0.1) is 6.20 Å². The van der Waals surface area contributed by atoms with Gasteiger partial charge in [0, 0.05) is 18.8 Å². The number of rotatable bonds is 3. The Bertz CT molecular complexity index is 427. The molecule has 2 N–H and O–H groups in total. The third-order valence-electron chi connectivity index (χ3n) is 4.29. The number of nitrogens with two attached hydrogens (primary N) is 1. The Morgan fingerprint density at radius 1 is 1.16 bits per heavy atom. The van der Waals surface area contributed by atoms with Gasteiger partial charge in [0.1, 0.15) is 0 Å². The fourth-order valence-electron chi connectivity index (χ4n) is 4.56. The summed E-state index contributed by atoms with van der Waals surface area (Å²) in [5.41, 5.74) is 8.72. The maximum Gasteiger partial charge on any atom is 0.0521 e. The molecular formula is C16H29N3. The van der Waals surface area contributed by atoms with Crippen LogP contribution in [0.25, 0.3) is 0 Å². The van der Waals surface area contributed by atoms with Gasteiger partial charge in [-0.3, -0.25) is 4.68 Å². The van der Waals surface area contributed by atoms with E-state index in [-0.39, 0.29) is 5.54 Å². The lowest BCUT2D eigenvalue weighted by Crippen LogP contribution is -2.52. The van der Waals surface area contributed by atoms with Crippen molar-refractivity contribution in [2.75, 3.05) is 0 Å². The summed E-state index contributed by atoms with van der Waals surface area (Å²) >= 11 is 0. The monoisotopic (exact) mass is 263 g/mol. The van der Waals surface area contributed by atoms with E-state index in [2.05, 4.69) is 39.0 Å². The van der Waals surface area contributed by atoms with Crippen molar-refractivity contribution in [3.8, 4) is 0 Å².